The van der Waals surface area contributed by atoms with Crippen molar-refractivity contribution in [3.63, 3.8) is 0 Å². The van der Waals surface area contributed by atoms with Gasteiger partial charge in [0.15, 0.2) is 0 Å². The number of unbranched alkanes of at least 4 members (excludes halogenated alkanes) is 2. The minimum absolute atomic E-state index is 0.647. The van der Waals surface area contributed by atoms with Gasteiger partial charge in [-0.25, -0.2) is 0 Å². The fraction of sp³-hybridized carbons (Fsp3) is 0.867. The molecule has 0 rings (SSSR count). The number of rotatable bonds is 14. The first-order valence-electron chi connectivity index (χ1n) is 7.74. The zero-order chi connectivity index (χ0) is 15.3. The second-order valence-electron chi connectivity index (χ2n) is 4.80. The maximum Gasteiger partial charge on any atom is 0.500 e. The molecule has 0 saturated carbocycles. The first kappa shape index (κ1) is 19.8. The molecule has 4 nitrogen and oxygen atoms in total. The molecule has 20 heavy (non-hydrogen) atoms. The first-order chi connectivity index (χ1) is 9.60. The molecule has 0 bridgehead atoms. The van der Waals surface area contributed by atoms with Crippen molar-refractivity contribution in [1.82, 2.24) is 0 Å². The molecule has 0 spiro atoms. The molecule has 5 heteroatoms. The van der Waals surface area contributed by atoms with Gasteiger partial charge in [-0.3, -0.25) is 0 Å². The van der Waals surface area contributed by atoms with Crippen LogP contribution in [0.25, 0.3) is 0 Å². The molecular formula is C15H32O4Si. The van der Waals surface area contributed by atoms with Crippen molar-refractivity contribution in [1.29, 1.82) is 0 Å². The lowest BCUT2D eigenvalue weighted by molar-refractivity contribution is 0.0703. The summed E-state index contributed by atoms with van der Waals surface area (Å²) in [5.41, 5.74) is 1.07. The summed E-state index contributed by atoms with van der Waals surface area (Å²) in [7, 11) is -2.44. The Kier molecular flexibility index (Phi) is 12.4. The van der Waals surface area contributed by atoms with Gasteiger partial charge in [0, 0.05) is 32.5 Å². The lowest BCUT2D eigenvalue weighted by atomic mass is 10.3. The van der Waals surface area contributed by atoms with E-state index in [-0.39, 0.29) is 0 Å². The molecule has 0 saturated heterocycles. The Morgan fingerprint density at radius 1 is 0.900 bits per heavy atom. The molecule has 0 aromatic heterocycles. The van der Waals surface area contributed by atoms with Crippen molar-refractivity contribution in [3.8, 4) is 0 Å². The van der Waals surface area contributed by atoms with Crippen LogP contribution in [0.2, 0.25) is 6.04 Å². The van der Waals surface area contributed by atoms with Gasteiger partial charge in [-0.2, -0.15) is 0 Å². The third-order valence-corrected chi connectivity index (χ3v) is 5.86. The molecule has 0 aliphatic heterocycles. The lowest BCUT2D eigenvalue weighted by Gasteiger charge is -2.28. The van der Waals surface area contributed by atoms with E-state index in [1.165, 1.54) is 0 Å². The van der Waals surface area contributed by atoms with E-state index >= 15 is 0 Å². The predicted molar refractivity (Wildman–Crippen MR) is 84.9 cm³/mol. The van der Waals surface area contributed by atoms with E-state index in [1.807, 2.05) is 27.7 Å². The third kappa shape index (κ3) is 9.66. The first-order valence-corrected chi connectivity index (χ1v) is 9.67. The van der Waals surface area contributed by atoms with E-state index in [0.29, 0.717) is 26.4 Å². The summed E-state index contributed by atoms with van der Waals surface area (Å²) in [4.78, 5) is 0. The average molecular weight is 305 g/mol. The summed E-state index contributed by atoms with van der Waals surface area (Å²) in [5.74, 6) is 0. The second kappa shape index (κ2) is 12.5. The van der Waals surface area contributed by atoms with E-state index in [4.69, 9.17) is 18.0 Å². The van der Waals surface area contributed by atoms with Crippen LogP contribution in [0.15, 0.2) is 12.2 Å². The SMILES string of the molecule is C=C(C)COCCCCC[Si](OCC)(OCC)OCC. The zero-order valence-electron chi connectivity index (χ0n) is 13.7. The van der Waals surface area contributed by atoms with E-state index in [1.54, 1.807) is 0 Å². The van der Waals surface area contributed by atoms with Gasteiger partial charge in [-0.05, 0) is 40.5 Å². The summed E-state index contributed by atoms with van der Waals surface area (Å²) in [5, 5.41) is 0. The van der Waals surface area contributed by atoms with Crippen molar-refractivity contribution in [3.05, 3.63) is 12.2 Å². The van der Waals surface area contributed by atoms with Crippen LogP contribution in [0.5, 0.6) is 0 Å². The summed E-state index contributed by atoms with van der Waals surface area (Å²) in [6.07, 6.45) is 3.23. The molecular weight excluding hydrogens is 272 g/mol. The van der Waals surface area contributed by atoms with Crippen LogP contribution in [-0.4, -0.2) is 41.8 Å². The topological polar surface area (TPSA) is 36.9 Å². The average Bonchev–Trinajstić information content (AvgIpc) is 2.38. The van der Waals surface area contributed by atoms with Crippen LogP contribution in [0, 0.1) is 0 Å². The van der Waals surface area contributed by atoms with E-state index < -0.39 is 8.80 Å². The van der Waals surface area contributed by atoms with E-state index in [9.17, 15) is 0 Å². The minimum atomic E-state index is -2.44. The smallest absolute Gasteiger partial charge is 0.377 e. The van der Waals surface area contributed by atoms with Crippen molar-refractivity contribution in [2.75, 3.05) is 33.0 Å². The zero-order valence-corrected chi connectivity index (χ0v) is 14.7. The van der Waals surface area contributed by atoms with Gasteiger partial charge in [-0.15, -0.1) is 0 Å². The monoisotopic (exact) mass is 304 g/mol. The van der Waals surface area contributed by atoms with Crippen molar-refractivity contribution in [2.45, 2.75) is 53.0 Å². The maximum absolute atomic E-state index is 5.82. The number of ether oxygens (including phenoxy) is 1. The molecule has 0 aromatic carbocycles. The van der Waals surface area contributed by atoms with Gasteiger partial charge >= 0.3 is 8.80 Å². The van der Waals surface area contributed by atoms with Crippen LogP contribution in [0.4, 0.5) is 0 Å². The Morgan fingerprint density at radius 3 is 1.90 bits per heavy atom. The van der Waals surface area contributed by atoms with Crippen molar-refractivity contribution < 1.29 is 18.0 Å². The maximum atomic E-state index is 5.82. The van der Waals surface area contributed by atoms with Gasteiger partial charge in [0.2, 0.25) is 0 Å². The standard InChI is InChI=1S/C15H32O4Si/c1-6-17-20(18-7-2,19-8-3)13-11-9-10-12-16-14-15(4)5/h4,6-14H2,1-3,5H3. The lowest BCUT2D eigenvalue weighted by Crippen LogP contribution is -2.45. The summed E-state index contributed by atoms with van der Waals surface area (Å²) >= 11 is 0. The largest absolute Gasteiger partial charge is 0.500 e. The van der Waals surface area contributed by atoms with Gasteiger partial charge in [0.1, 0.15) is 0 Å². The summed E-state index contributed by atoms with van der Waals surface area (Å²) < 4.78 is 23.0. The Labute approximate surface area is 125 Å². The molecule has 0 unspecified atom stereocenters. The van der Waals surface area contributed by atoms with Crippen LogP contribution in [0.3, 0.4) is 0 Å². The van der Waals surface area contributed by atoms with E-state index in [2.05, 4.69) is 6.58 Å². The molecule has 0 aliphatic carbocycles. The quantitative estimate of drug-likeness (QED) is 0.278. The summed E-state index contributed by atoms with van der Waals surface area (Å²) in [6, 6.07) is 0.892. The highest BCUT2D eigenvalue weighted by molar-refractivity contribution is 6.60. The van der Waals surface area contributed by atoms with Crippen molar-refractivity contribution in [2.24, 2.45) is 0 Å². The molecule has 0 fully saturated rings. The highest BCUT2D eigenvalue weighted by atomic mass is 28.4. The third-order valence-electron chi connectivity index (χ3n) is 2.71. The van der Waals surface area contributed by atoms with Gasteiger partial charge < -0.3 is 18.0 Å². The molecule has 0 heterocycles. The van der Waals surface area contributed by atoms with Gasteiger partial charge in [0.25, 0.3) is 0 Å². The minimum Gasteiger partial charge on any atom is -0.377 e. The second-order valence-corrected chi connectivity index (χ2v) is 7.53. The number of hydrogen-bond acceptors (Lipinski definition) is 4. The fourth-order valence-corrected chi connectivity index (χ4v) is 4.66. The van der Waals surface area contributed by atoms with Gasteiger partial charge in [-0.1, -0.05) is 18.6 Å². The van der Waals surface area contributed by atoms with Crippen LogP contribution in [-0.2, 0) is 18.0 Å². The molecule has 0 radical (unpaired) electrons. The highest BCUT2D eigenvalue weighted by Gasteiger charge is 2.39. The molecule has 0 amide bonds. The molecule has 0 atom stereocenters. The molecule has 0 aliphatic rings. The molecule has 0 aromatic rings. The Balaban J connectivity index is 3.91. The molecule has 0 N–H and O–H groups in total. The van der Waals surface area contributed by atoms with E-state index in [0.717, 1.165) is 37.5 Å². The van der Waals surface area contributed by atoms with Crippen molar-refractivity contribution >= 4 is 8.80 Å². The highest BCUT2D eigenvalue weighted by Crippen LogP contribution is 2.19. The van der Waals surface area contributed by atoms with Crippen LogP contribution in [0.1, 0.15) is 47.0 Å². The van der Waals surface area contributed by atoms with Gasteiger partial charge in [0.05, 0.1) is 6.61 Å². The summed E-state index contributed by atoms with van der Waals surface area (Å²) in [6.45, 7) is 15.2. The van der Waals surface area contributed by atoms with Crippen LogP contribution >= 0.6 is 0 Å². The Morgan fingerprint density at radius 2 is 1.45 bits per heavy atom. The molecule has 120 valence electrons. The predicted octanol–water partition coefficient (Wildman–Crippen LogP) is 3.80. The Hall–Kier alpha value is -0.203. The normalized spacial score (nSPS) is 11.8. The fourth-order valence-electron chi connectivity index (χ4n) is 1.97. The van der Waals surface area contributed by atoms with Crippen LogP contribution < -0.4 is 0 Å². The Bertz CT molecular complexity index is 229. The number of hydrogen-bond donors (Lipinski definition) is 0.